The molecule has 5 heteroatoms. The van der Waals surface area contributed by atoms with Crippen LogP contribution in [0.2, 0.25) is 0 Å². The van der Waals surface area contributed by atoms with Crippen LogP contribution in [-0.2, 0) is 16.1 Å². The minimum atomic E-state index is -0.289. The number of anilines is 1. The molecule has 1 heterocycles. The van der Waals surface area contributed by atoms with Gasteiger partial charge in [0.15, 0.2) is 0 Å². The lowest BCUT2D eigenvalue weighted by Crippen LogP contribution is -2.33. The van der Waals surface area contributed by atoms with Gasteiger partial charge in [-0.1, -0.05) is 42.5 Å². The molecule has 176 valence electrons. The van der Waals surface area contributed by atoms with E-state index in [2.05, 4.69) is 29.2 Å². The van der Waals surface area contributed by atoms with Crippen LogP contribution in [0.1, 0.15) is 43.4 Å². The van der Waals surface area contributed by atoms with Gasteiger partial charge in [0, 0.05) is 23.8 Å². The van der Waals surface area contributed by atoms with E-state index in [1.54, 1.807) is 14.2 Å². The fourth-order valence-corrected chi connectivity index (χ4v) is 4.47. The fraction of sp³-hybridized carbons (Fsp3) is 0.276. The summed E-state index contributed by atoms with van der Waals surface area (Å²) >= 11 is 0. The molecule has 3 aromatic rings. The maximum atomic E-state index is 13.5. The molecule has 1 atom stereocenters. The van der Waals surface area contributed by atoms with E-state index >= 15 is 0 Å². The zero-order valence-corrected chi connectivity index (χ0v) is 20.4. The van der Waals surface area contributed by atoms with Gasteiger partial charge in [0.1, 0.15) is 11.5 Å². The number of ether oxygens (including phenoxy) is 3. The molecule has 0 radical (unpaired) electrons. The molecule has 0 unspecified atom stereocenters. The summed E-state index contributed by atoms with van der Waals surface area (Å²) in [4.78, 5) is 15.7. The number of carbonyl (C=O) groups is 1. The SMILES string of the molecule is COc1ccc(CN2C(C)=C(C(=O)OC(C)C)[C@H](c3ccc(OC)cc3)c3ccccc32)cc1. The van der Waals surface area contributed by atoms with Crippen LogP contribution in [0.15, 0.2) is 84.1 Å². The summed E-state index contributed by atoms with van der Waals surface area (Å²) in [6.45, 7) is 6.39. The van der Waals surface area contributed by atoms with Crippen molar-refractivity contribution < 1.29 is 19.0 Å². The van der Waals surface area contributed by atoms with Crippen LogP contribution in [0.4, 0.5) is 5.69 Å². The van der Waals surface area contributed by atoms with Crippen molar-refractivity contribution in [3.63, 3.8) is 0 Å². The van der Waals surface area contributed by atoms with Gasteiger partial charge in [-0.3, -0.25) is 0 Å². The molecule has 0 spiro atoms. The lowest BCUT2D eigenvalue weighted by molar-refractivity contribution is -0.143. The molecule has 34 heavy (non-hydrogen) atoms. The molecule has 0 N–H and O–H groups in total. The van der Waals surface area contributed by atoms with E-state index < -0.39 is 0 Å². The fourth-order valence-electron chi connectivity index (χ4n) is 4.47. The van der Waals surface area contributed by atoms with Crippen molar-refractivity contribution >= 4 is 11.7 Å². The molecule has 1 aliphatic rings. The second kappa shape index (κ2) is 10.0. The Hall–Kier alpha value is -3.73. The molecule has 1 aliphatic heterocycles. The largest absolute Gasteiger partial charge is 0.497 e. The third kappa shape index (κ3) is 4.65. The minimum absolute atomic E-state index is 0.212. The number of rotatable bonds is 7. The molecule has 3 aromatic carbocycles. The highest BCUT2D eigenvalue weighted by Crippen LogP contribution is 2.46. The third-order valence-corrected chi connectivity index (χ3v) is 6.13. The average Bonchev–Trinajstić information content (AvgIpc) is 2.85. The first-order valence-electron chi connectivity index (χ1n) is 11.5. The first-order chi connectivity index (χ1) is 16.4. The average molecular weight is 458 g/mol. The Morgan fingerprint density at radius 3 is 2.06 bits per heavy atom. The van der Waals surface area contributed by atoms with Crippen molar-refractivity contribution in [2.45, 2.75) is 39.3 Å². The smallest absolute Gasteiger partial charge is 0.337 e. The predicted octanol–water partition coefficient (Wildman–Crippen LogP) is 6.08. The zero-order chi connectivity index (χ0) is 24.2. The number of fused-ring (bicyclic) bond motifs is 1. The molecule has 0 saturated heterocycles. The van der Waals surface area contributed by atoms with Crippen molar-refractivity contribution in [1.82, 2.24) is 0 Å². The molecule has 0 saturated carbocycles. The first kappa shape index (κ1) is 23.4. The molecular formula is C29H31NO4. The van der Waals surface area contributed by atoms with Gasteiger partial charge in [-0.05, 0) is 67.8 Å². The zero-order valence-electron chi connectivity index (χ0n) is 20.4. The number of hydrogen-bond acceptors (Lipinski definition) is 5. The summed E-state index contributed by atoms with van der Waals surface area (Å²) in [5.74, 6) is 1.07. The normalized spacial score (nSPS) is 15.2. The Balaban J connectivity index is 1.85. The van der Waals surface area contributed by atoms with Crippen molar-refractivity contribution in [2.75, 3.05) is 19.1 Å². The molecule has 0 aliphatic carbocycles. The number of para-hydroxylation sites is 1. The van der Waals surface area contributed by atoms with Crippen molar-refractivity contribution in [2.24, 2.45) is 0 Å². The van der Waals surface area contributed by atoms with E-state index in [4.69, 9.17) is 14.2 Å². The number of nitrogens with zero attached hydrogens (tertiary/aromatic N) is 1. The van der Waals surface area contributed by atoms with Crippen LogP contribution in [0, 0.1) is 0 Å². The number of allylic oxidation sites excluding steroid dienone is 1. The Labute approximate surface area is 201 Å². The van der Waals surface area contributed by atoms with Crippen molar-refractivity contribution in [3.8, 4) is 11.5 Å². The highest BCUT2D eigenvalue weighted by Gasteiger charge is 2.36. The molecular weight excluding hydrogens is 426 g/mol. The number of esters is 1. The first-order valence-corrected chi connectivity index (χ1v) is 11.5. The molecule has 0 amide bonds. The lowest BCUT2D eigenvalue weighted by atomic mass is 9.80. The third-order valence-electron chi connectivity index (χ3n) is 6.13. The van der Waals surface area contributed by atoms with Gasteiger partial charge >= 0.3 is 5.97 Å². The van der Waals surface area contributed by atoms with E-state index in [-0.39, 0.29) is 18.0 Å². The highest BCUT2D eigenvalue weighted by atomic mass is 16.5. The second-order valence-corrected chi connectivity index (χ2v) is 8.65. The van der Waals surface area contributed by atoms with E-state index in [1.807, 2.05) is 69.3 Å². The van der Waals surface area contributed by atoms with Gasteiger partial charge < -0.3 is 19.1 Å². The summed E-state index contributed by atoms with van der Waals surface area (Å²) < 4.78 is 16.4. The monoisotopic (exact) mass is 457 g/mol. The summed E-state index contributed by atoms with van der Waals surface area (Å²) in [7, 11) is 3.31. The molecule has 0 aromatic heterocycles. The van der Waals surface area contributed by atoms with Gasteiger partial charge in [-0.25, -0.2) is 4.79 Å². The predicted molar refractivity (Wildman–Crippen MR) is 134 cm³/mol. The van der Waals surface area contributed by atoms with Crippen molar-refractivity contribution in [1.29, 1.82) is 0 Å². The van der Waals surface area contributed by atoms with Gasteiger partial charge in [0.2, 0.25) is 0 Å². The van der Waals surface area contributed by atoms with Gasteiger partial charge in [-0.2, -0.15) is 0 Å². The van der Waals surface area contributed by atoms with Gasteiger partial charge in [-0.15, -0.1) is 0 Å². The molecule has 4 rings (SSSR count). The van der Waals surface area contributed by atoms with Crippen LogP contribution in [0.25, 0.3) is 0 Å². The van der Waals surface area contributed by atoms with E-state index in [0.717, 1.165) is 39.6 Å². The summed E-state index contributed by atoms with van der Waals surface area (Å²) in [5.41, 5.74) is 5.84. The Bertz CT molecular complexity index is 1180. The molecule has 5 nitrogen and oxygen atoms in total. The van der Waals surface area contributed by atoms with Crippen LogP contribution in [0.5, 0.6) is 11.5 Å². The molecule has 0 bridgehead atoms. The summed E-state index contributed by atoms with van der Waals surface area (Å²) in [5, 5.41) is 0. The molecule has 0 fully saturated rings. The summed E-state index contributed by atoms with van der Waals surface area (Å²) in [6, 6.07) is 24.2. The van der Waals surface area contributed by atoms with E-state index in [9.17, 15) is 4.79 Å². The Morgan fingerprint density at radius 1 is 0.882 bits per heavy atom. The van der Waals surface area contributed by atoms with Crippen LogP contribution >= 0.6 is 0 Å². The van der Waals surface area contributed by atoms with E-state index in [0.29, 0.717) is 12.1 Å². The van der Waals surface area contributed by atoms with Crippen LogP contribution < -0.4 is 14.4 Å². The second-order valence-electron chi connectivity index (χ2n) is 8.65. The Kier molecular flexibility index (Phi) is 6.92. The van der Waals surface area contributed by atoms with Gasteiger partial charge in [0.05, 0.1) is 25.9 Å². The van der Waals surface area contributed by atoms with E-state index in [1.165, 1.54) is 0 Å². The maximum Gasteiger partial charge on any atom is 0.337 e. The maximum absolute atomic E-state index is 13.5. The minimum Gasteiger partial charge on any atom is -0.497 e. The summed E-state index contributed by atoms with van der Waals surface area (Å²) in [6.07, 6.45) is -0.212. The van der Waals surface area contributed by atoms with Crippen molar-refractivity contribution in [3.05, 3.63) is 101 Å². The van der Waals surface area contributed by atoms with Crippen LogP contribution in [0.3, 0.4) is 0 Å². The lowest BCUT2D eigenvalue weighted by Gasteiger charge is -2.38. The number of benzene rings is 3. The topological polar surface area (TPSA) is 48.0 Å². The standard InChI is InChI=1S/C29H31NO4/c1-19(2)34-29(31)27-20(3)30(18-21-10-14-23(32-4)15-11-21)26-9-7-6-8-25(26)28(27)22-12-16-24(33-5)17-13-22/h6-17,19,28H,18H2,1-5H3/t28-/m1/s1. The quantitative estimate of drug-likeness (QED) is 0.402. The Morgan fingerprint density at radius 2 is 1.47 bits per heavy atom. The number of methoxy groups -OCH3 is 2. The number of carbonyl (C=O) groups excluding carboxylic acids is 1. The van der Waals surface area contributed by atoms with Crippen LogP contribution in [-0.4, -0.2) is 26.3 Å². The van der Waals surface area contributed by atoms with Gasteiger partial charge in [0.25, 0.3) is 0 Å². The number of hydrogen-bond donors (Lipinski definition) is 0. The highest BCUT2D eigenvalue weighted by molar-refractivity contribution is 5.95.